The van der Waals surface area contributed by atoms with Gasteiger partial charge in [0.2, 0.25) is 0 Å². The van der Waals surface area contributed by atoms with Gasteiger partial charge in [-0.1, -0.05) is 23.9 Å². The number of hydrogen-bond acceptors (Lipinski definition) is 7. The quantitative estimate of drug-likeness (QED) is 0.540. The minimum atomic E-state index is -0.114. The lowest BCUT2D eigenvalue weighted by Gasteiger charge is -2.13. The Labute approximate surface area is 172 Å². The van der Waals surface area contributed by atoms with Gasteiger partial charge in [-0.2, -0.15) is 0 Å². The molecule has 0 aliphatic carbocycles. The lowest BCUT2D eigenvalue weighted by atomic mass is 10.3. The van der Waals surface area contributed by atoms with E-state index in [4.69, 9.17) is 4.74 Å². The molecule has 3 aromatic rings. The van der Waals surface area contributed by atoms with Crippen LogP contribution in [0.5, 0.6) is 5.75 Å². The lowest BCUT2D eigenvalue weighted by Crippen LogP contribution is -2.24. The number of nitrogens with zero attached hydrogens (tertiary/aromatic N) is 4. The lowest BCUT2D eigenvalue weighted by molar-refractivity contribution is 0.0953. The topological polar surface area (TPSA) is 72.3 Å². The first kappa shape index (κ1) is 20.4. The van der Waals surface area contributed by atoms with Gasteiger partial charge in [0.15, 0.2) is 11.0 Å². The van der Waals surface area contributed by atoms with Crippen molar-refractivity contribution in [3.05, 3.63) is 52.5 Å². The van der Waals surface area contributed by atoms with Gasteiger partial charge in [0, 0.05) is 18.4 Å². The van der Waals surface area contributed by atoms with Gasteiger partial charge in [-0.3, -0.25) is 9.36 Å². The number of rotatable bonds is 9. The Morgan fingerprint density at radius 2 is 2.14 bits per heavy atom. The van der Waals surface area contributed by atoms with Crippen LogP contribution in [0, 0.1) is 0 Å². The van der Waals surface area contributed by atoms with E-state index in [2.05, 4.69) is 20.4 Å². The number of ether oxygens (including phenoxy) is 1. The number of thioether (sulfide) groups is 1. The predicted molar refractivity (Wildman–Crippen MR) is 113 cm³/mol. The molecule has 1 aromatic carbocycles. The largest absolute Gasteiger partial charge is 0.497 e. The summed E-state index contributed by atoms with van der Waals surface area (Å²) >= 11 is 3.04. The first-order valence-electron chi connectivity index (χ1n) is 8.76. The second kappa shape index (κ2) is 9.72. The first-order chi connectivity index (χ1) is 13.6. The molecule has 7 nitrogen and oxygen atoms in total. The number of carbonyl (C=O) groups excluding carboxylic acids is 1. The van der Waals surface area contributed by atoms with Gasteiger partial charge in [0.1, 0.15) is 5.75 Å². The van der Waals surface area contributed by atoms with Gasteiger partial charge in [0.25, 0.3) is 5.91 Å². The maximum Gasteiger partial charge on any atom is 0.261 e. The molecule has 28 heavy (non-hydrogen) atoms. The van der Waals surface area contributed by atoms with Gasteiger partial charge in [-0.05, 0) is 37.7 Å². The monoisotopic (exact) mass is 417 g/mol. The summed E-state index contributed by atoms with van der Waals surface area (Å²) in [5, 5.41) is 14.3. The second-order valence-electron chi connectivity index (χ2n) is 6.25. The van der Waals surface area contributed by atoms with Gasteiger partial charge >= 0.3 is 0 Å². The third kappa shape index (κ3) is 5.12. The van der Waals surface area contributed by atoms with Crippen molar-refractivity contribution in [3.8, 4) is 11.4 Å². The smallest absolute Gasteiger partial charge is 0.261 e. The zero-order valence-corrected chi connectivity index (χ0v) is 17.7. The fourth-order valence-corrected chi connectivity index (χ4v) is 4.21. The summed E-state index contributed by atoms with van der Waals surface area (Å²) in [6.07, 6.45) is 0. The Morgan fingerprint density at radius 3 is 2.86 bits per heavy atom. The number of benzene rings is 1. The summed E-state index contributed by atoms with van der Waals surface area (Å²) < 4.78 is 7.33. The summed E-state index contributed by atoms with van der Waals surface area (Å²) in [7, 11) is 5.72. The number of carbonyl (C=O) groups is 1. The van der Waals surface area contributed by atoms with E-state index < -0.39 is 0 Å². The van der Waals surface area contributed by atoms with E-state index in [0.29, 0.717) is 10.7 Å². The fourth-order valence-electron chi connectivity index (χ4n) is 2.49. The predicted octanol–water partition coefficient (Wildman–Crippen LogP) is 2.92. The van der Waals surface area contributed by atoms with Crippen LogP contribution in [0.3, 0.4) is 0 Å². The molecule has 148 valence electrons. The van der Waals surface area contributed by atoms with Crippen LogP contribution in [0.15, 0.2) is 46.9 Å². The molecule has 0 bridgehead atoms. The van der Waals surface area contributed by atoms with E-state index in [0.717, 1.165) is 28.9 Å². The molecule has 0 radical (unpaired) electrons. The van der Waals surface area contributed by atoms with Crippen molar-refractivity contribution in [1.29, 1.82) is 0 Å². The minimum absolute atomic E-state index is 0.114. The van der Waals surface area contributed by atoms with Crippen LogP contribution in [0.1, 0.15) is 15.5 Å². The van der Waals surface area contributed by atoms with E-state index in [-0.39, 0.29) is 12.5 Å². The molecule has 3 rings (SSSR count). The van der Waals surface area contributed by atoms with Crippen molar-refractivity contribution in [2.75, 3.05) is 33.5 Å². The molecule has 0 aliphatic rings. The third-order valence-corrected chi connectivity index (χ3v) is 5.71. The van der Waals surface area contributed by atoms with Gasteiger partial charge in [-0.15, -0.1) is 21.5 Å². The van der Waals surface area contributed by atoms with Crippen LogP contribution in [0.2, 0.25) is 0 Å². The average Bonchev–Trinajstić information content (AvgIpc) is 3.36. The number of methoxy groups -OCH3 is 1. The molecular weight excluding hydrogens is 394 g/mol. The van der Waals surface area contributed by atoms with Gasteiger partial charge in [-0.25, -0.2) is 0 Å². The van der Waals surface area contributed by atoms with Crippen LogP contribution in [0.25, 0.3) is 5.69 Å². The zero-order chi connectivity index (χ0) is 19.9. The molecule has 0 unspecified atom stereocenters. The number of hydrogen-bond donors (Lipinski definition) is 1. The van der Waals surface area contributed by atoms with Crippen molar-refractivity contribution in [1.82, 2.24) is 25.0 Å². The van der Waals surface area contributed by atoms with Crippen molar-refractivity contribution in [2.45, 2.75) is 11.7 Å². The highest BCUT2D eigenvalue weighted by atomic mass is 32.2. The van der Waals surface area contributed by atoms with Crippen LogP contribution in [-0.4, -0.2) is 59.1 Å². The highest BCUT2D eigenvalue weighted by Gasteiger charge is 2.16. The van der Waals surface area contributed by atoms with Crippen molar-refractivity contribution >= 4 is 29.0 Å². The van der Waals surface area contributed by atoms with Crippen LogP contribution < -0.4 is 10.1 Å². The summed E-state index contributed by atoms with van der Waals surface area (Å²) in [5.74, 6) is 2.20. The van der Waals surface area contributed by atoms with E-state index in [1.807, 2.05) is 54.4 Å². The fraction of sp³-hybridized carbons (Fsp3) is 0.316. The molecule has 2 heterocycles. The number of nitrogens with one attached hydrogen (secondary N) is 1. The molecule has 2 aromatic heterocycles. The molecular formula is C19H23N5O2S2. The molecule has 0 saturated carbocycles. The third-order valence-electron chi connectivity index (χ3n) is 3.93. The molecule has 9 heteroatoms. The van der Waals surface area contributed by atoms with E-state index in [1.165, 1.54) is 11.3 Å². The standard InChI is InChI=1S/C19H23N5O2S2/c1-23(2)9-11-28-19-22-21-17(13-20-18(25)16-8-5-10-27-16)24(19)14-6-4-7-15(12-14)26-3/h4-8,10,12H,9,11,13H2,1-3H3,(H,20,25). The zero-order valence-electron chi connectivity index (χ0n) is 16.1. The Kier molecular flexibility index (Phi) is 7.07. The Morgan fingerprint density at radius 1 is 1.29 bits per heavy atom. The van der Waals surface area contributed by atoms with E-state index >= 15 is 0 Å². The minimum Gasteiger partial charge on any atom is -0.497 e. The summed E-state index contributed by atoms with van der Waals surface area (Å²) in [5.41, 5.74) is 0.900. The molecule has 0 aliphatic heterocycles. The highest BCUT2D eigenvalue weighted by molar-refractivity contribution is 7.99. The maximum atomic E-state index is 12.3. The molecule has 0 saturated heterocycles. The van der Waals surface area contributed by atoms with Gasteiger partial charge in [0.05, 0.1) is 24.2 Å². The number of thiophene rings is 1. The summed E-state index contributed by atoms with van der Waals surface area (Å²) in [6.45, 7) is 1.22. The van der Waals surface area contributed by atoms with Crippen molar-refractivity contribution < 1.29 is 9.53 Å². The average molecular weight is 418 g/mol. The Bertz CT molecular complexity index is 909. The van der Waals surface area contributed by atoms with Crippen LogP contribution in [-0.2, 0) is 6.54 Å². The van der Waals surface area contributed by atoms with Crippen molar-refractivity contribution in [2.24, 2.45) is 0 Å². The summed E-state index contributed by atoms with van der Waals surface area (Å²) in [4.78, 5) is 15.1. The Balaban J connectivity index is 1.84. The first-order valence-corrected chi connectivity index (χ1v) is 10.6. The second-order valence-corrected chi connectivity index (χ2v) is 8.26. The molecule has 0 spiro atoms. The Hall–Kier alpha value is -2.36. The number of aromatic nitrogens is 3. The molecule has 1 N–H and O–H groups in total. The normalized spacial score (nSPS) is 11.0. The van der Waals surface area contributed by atoms with E-state index in [9.17, 15) is 4.79 Å². The molecule has 1 amide bonds. The van der Waals surface area contributed by atoms with Crippen LogP contribution in [0.4, 0.5) is 0 Å². The maximum absolute atomic E-state index is 12.3. The van der Waals surface area contributed by atoms with Gasteiger partial charge < -0.3 is 15.0 Å². The number of amides is 1. The SMILES string of the molecule is COc1cccc(-n2c(CNC(=O)c3cccs3)nnc2SCCN(C)C)c1. The molecule has 0 atom stereocenters. The summed E-state index contributed by atoms with van der Waals surface area (Å²) in [6, 6.07) is 11.4. The van der Waals surface area contributed by atoms with E-state index in [1.54, 1.807) is 24.9 Å². The van der Waals surface area contributed by atoms with Crippen LogP contribution >= 0.6 is 23.1 Å². The highest BCUT2D eigenvalue weighted by Crippen LogP contribution is 2.24. The van der Waals surface area contributed by atoms with Crippen molar-refractivity contribution in [3.63, 3.8) is 0 Å². The molecule has 0 fully saturated rings.